The van der Waals surface area contributed by atoms with E-state index < -0.39 is 11.2 Å². The molecule has 0 aliphatic heterocycles. The third kappa shape index (κ3) is 3.48. The fraction of sp³-hybridized carbons (Fsp3) is 0.0870. The SMILES string of the molecule is COc1cc2oc(-c3cccc(Oc4ccccc4)c3)c(O)c(=O)c2cc1OC. The standard InChI is InChI=1S/C23H18O6/c1-26-19-12-17-18(13-20(19)27-2)29-23(22(25)21(17)24)14-7-6-10-16(11-14)28-15-8-4-3-5-9-15/h3-13,25H,1-2H3. The summed E-state index contributed by atoms with van der Waals surface area (Å²) >= 11 is 0. The van der Waals surface area contributed by atoms with Gasteiger partial charge in [0.25, 0.3) is 0 Å². The highest BCUT2D eigenvalue weighted by atomic mass is 16.5. The van der Waals surface area contributed by atoms with Crippen LogP contribution in [0.15, 0.2) is 75.9 Å². The number of para-hydroxylation sites is 1. The monoisotopic (exact) mass is 390 g/mol. The second kappa shape index (κ2) is 7.59. The molecule has 0 unspecified atom stereocenters. The summed E-state index contributed by atoms with van der Waals surface area (Å²) in [6.07, 6.45) is 0. The first-order valence-electron chi connectivity index (χ1n) is 8.86. The zero-order valence-electron chi connectivity index (χ0n) is 15.8. The largest absolute Gasteiger partial charge is 0.502 e. The molecule has 0 atom stereocenters. The molecule has 0 fully saturated rings. The number of benzene rings is 3. The molecule has 29 heavy (non-hydrogen) atoms. The number of aromatic hydroxyl groups is 1. The highest BCUT2D eigenvalue weighted by molar-refractivity contribution is 5.85. The van der Waals surface area contributed by atoms with Crippen LogP contribution in [-0.4, -0.2) is 19.3 Å². The molecule has 3 aromatic carbocycles. The smallest absolute Gasteiger partial charge is 0.235 e. The van der Waals surface area contributed by atoms with Crippen LogP contribution in [0.2, 0.25) is 0 Å². The van der Waals surface area contributed by atoms with Crippen molar-refractivity contribution in [3.05, 3.63) is 77.0 Å². The average molecular weight is 390 g/mol. The van der Waals surface area contributed by atoms with E-state index in [2.05, 4.69) is 0 Å². The van der Waals surface area contributed by atoms with E-state index in [9.17, 15) is 9.90 Å². The van der Waals surface area contributed by atoms with Crippen LogP contribution in [-0.2, 0) is 0 Å². The van der Waals surface area contributed by atoms with Crippen molar-refractivity contribution in [3.63, 3.8) is 0 Å². The van der Waals surface area contributed by atoms with Crippen molar-refractivity contribution in [1.29, 1.82) is 0 Å². The van der Waals surface area contributed by atoms with Gasteiger partial charge in [0.05, 0.1) is 19.6 Å². The fourth-order valence-electron chi connectivity index (χ4n) is 3.03. The predicted molar refractivity (Wildman–Crippen MR) is 109 cm³/mol. The van der Waals surface area contributed by atoms with E-state index in [1.165, 1.54) is 20.3 Å². The molecule has 0 saturated carbocycles. The van der Waals surface area contributed by atoms with Gasteiger partial charge < -0.3 is 23.7 Å². The Balaban J connectivity index is 1.82. The summed E-state index contributed by atoms with van der Waals surface area (Å²) in [6, 6.07) is 19.3. The van der Waals surface area contributed by atoms with Crippen molar-refractivity contribution >= 4 is 11.0 Å². The second-order valence-electron chi connectivity index (χ2n) is 6.26. The Hall–Kier alpha value is -3.93. The Labute approximate surface area is 166 Å². The molecule has 1 aromatic heterocycles. The molecule has 0 aliphatic carbocycles. The van der Waals surface area contributed by atoms with Crippen molar-refractivity contribution in [2.75, 3.05) is 14.2 Å². The maximum absolute atomic E-state index is 12.7. The minimum absolute atomic E-state index is 0.0493. The average Bonchev–Trinajstić information content (AvgIpc) is 2.76. The zero-order valence-corrected chi connectivity index (χ0v) is 15.8. The lowest BCUT2D eigenvalue weighted by atomic mass is 10.1. The van der Waals surface area contributed by atoms with Crippen LogP contribution in [0.3, 0.4) is 0 Å². The molecule has 4 aromatic rings. The summed E-state index contributed by atoms with van der Waals surface area (Å²) in [6.45, 7) is 0. The Morgan fingerprint density at radius 3 is 2.24 bits per heavy atom. The van der Waals surface area contributed by atoms with Crippen molar-refractivity contribution in [1.82, 2.24) is 0 Å². The summed E-state index contributed by atoms with van der Waals surface area (Å²) in [5.74, 6) is 1.57. The van der Waals surface area contributed by atoms with E-state index in [-0.39, 0.29) is 16.7 Å². The summed E-state index contributed by atoms with van der Waals surface area (Å²) in [5.41, 5.74) is 0.219. The van der Waals surface area contributed by atoms with Crippen LogP contribution in [0.25, 0.3) is 22.3 Å². The Morgan fingerprint density at radius 1 is 0.828 bits per heavy atom. The molecule has 146 valence electrons. The van der Waals surface area contributed by atoms with E-state index >= 15 is 0 Å². The molecule has 0 saturated heterocycles. The normalized spacial score (nSPS) is 10.7. The van der Waals surface area contributed by atoms with Crippen LogP contribution in [0.4, 0.5) is 0 Å². The van der Waals surface area contributed by atoms with Crippen LogP contribution in [0.5, 0.6) is 28.7 Å². The van der Waals surface area contributed by atoms with E-state index in [0.29, 0.717) is 28.6 Å². The Bertz CT molecular complexity index is 1230. The number of fused-ring (bicyclic) bond motifs is 1. The molecular weight excluding hydrogens is 372 g/mol. The lowest BCUT2D eigenvalue weighted by Crippen LogP contribution is -2.03. The summed E-state index contributed by atoms with van der Waals surface area (Å²) in [5, 5.41) is 10.7. The molecule has 0 bridgehead atoms. The lowest BCUT2D eigenvalue weighted by Gasteiger charge is -2.11. The van der Waals surface area contributed by atoms with Gasteiger partial charge in [-0.1, -0.05) is 30.3 Å². The van der Waals surface area contributed by atoms with Gasteiger partial charge in [0.1, 0.15) is 17.1 Å². The minimum atomic E-state index is -0.559. The first kappa shape index (κ1) is 18.4. The number of hydrogen-bond acceptors (Lipinski definition) is 6. The Morgan fingerprint density at radius 2 is 1.52 bits per heavy atom. The molecule has 0 radical (unpaired) electrons. The van der Waals surface area contributed by atoms with Gasteiger partial charge in [0.2, 0.25) is 11.2 Å². The number of methoxy groups -OCH3 is 2. The van der Waals surface area contributed by atoms with Gasteiger partial charge in [-0.15, -0.1) is 0 Å². The highest BCUT2D eigenvalue weighted by Gasteiger charge is 2.18. The fourth-order valence-corrected chi connectivity index (χ4v) is 3.03. The number of hydrogen-bond donors (Lipinski definition) is 1. The van der Waals surface area contributed by atoms with Gasteiger partial charge >= 0.3 is 0 Å². The summed E-state index contributed by atoms with van der Waals surface area (Å²) < 4.78 is 22.2. The number of rotatable bonds is 5. The molecule has 6 heteroatoms. The third-order valence-corrected chi connectivity index (χ3v) is 4.45. The zero-order chi connectivity index (χ0) is 20.4. The molecule has 6 nitrogen and oxygen atoms in total. The Kier molecular flexibility index (Phi) is 4.83. The molecule has 1 heterocycles. The first-order chi connectivity index (χ1) is 14.1. The van der Waals surface area contributed by atoms with Crippen molar-refractivity contribution in [3.8, 4) is 40.1 Å². The molecule has 0 aliphatic rings. The first-order valence-corrected chi connectivity index (χ1v) is 8.86. The second-order valence-corrected chi connectivity index (χ2v) is 6.26. The van der Waals surface area contributed by atoms with Crippen molar-refractivity contribution in [2.45, 2.75) is 0 Å². The molecular formula is C23H18O6. The van der Waals surface area contributed by atoms with Gasteiger partial charge in [-0.3, -0.25) is 4.79 Å². The van der Waals surface area contributed by atoms with Gasteiger partial charge in [-0.25, -0.2) is 0 Å². The van der Waals surface area contributed by atoms with Gasteiger partial charge in [-0.2, -0.15) is 0 Å². The van der Waals surface area contributed by atoms with Gasteiger partial charge in [0, 0.05) is 11.6 Å². The minimum Gasteiger partial charge on any atom is -0.502 e. The maximum atomic E-state index is 12.7. The third-order valence-electron chi connectivity index (χ3n) is 4.45. The van der Waals surface area contributed by atoms with Gasteiger partial charge in [-0.05, 0) is 30.3 Å². The van der Waals surface area contributed by atoms with Gasteiger partial charge in [0.15, 0.2) is 17.3 Å². The summed E-state index contributed by atoms with van der Waals surface area (Å²) in [4.78, 5) is 12.7. The molecule has 1 N–H and O–H groups in total. The lowest BCUT2D eigenvalue weighted by molar-refractivity contribution is 0.355. The maximum Gasteiger partial charge on any atom is 0.235 e. The van der Waals surface area contributed by atoms with Crippen molar-refractivity contribution < 1.29 is 23.7 Å². The van der Waals surface area contributed by atoms with Crippen LogP contribution in [0.1, 0.15) is 0 Å². The van der Waals surface area contributed by atoms with E-state index in [1.807, 2.05) is 30.3 Å². The van der Waals surface area contributed by atoms with Crippen LogP contribution >= 0.6 is 0 Å². The predicted octanol–water partition coefficient (Wildman–Crippen LogP) is 4.98. The summed E-state index contributed by atoms with van der Waals surface area (Å²) in [7, 11) is 2.96. The molecule has 0 amide bonds. The number of ether oxygens (including phenoxy) is 3. The van der Waals surface area contributed by atoms with Crippen molar-refractivity contribution in [2.24, 2.45) is 0 Å². The van der Waals surface area contributed by atoms with Crippen LogP contribution in [0, 0.1) is 0 Å². The van der Waals surface area contributed by atoms with E-state index in [0.717, 1.165) is 0 Å². The van der Waals surface area contributed by atoms with E-state index in [4.69, 9.17) is 18.6 Å². The van der Waals surface area contributed by atoms with E-state index in [1.54, 1.807) is 30.3 Å². The molecule has 4 rings (SSSR count). The molecule has 0 spiro atoms. The quantitative estimate of drug-likeness (QED) is 0.518. The highest BCUT2D eigenvalue weighted by Crippen LogP contribution is 2.36. The van der Waals surface area contributed by atoms with Crippen LogP contribution < -0.4 is 19.6 Å². The topological polar surface area (TPSA) is 78.1 Å².